The zero-order chi connectivity index (χ0) is 14.7. The SMILES string of the molecule is COC(=O)c1c(N)cccc1CN1CCCC1C(C)C. The summed E-state index contributed by atoms with van der Waals surface area (Å²) >= 11 is 0. The predicted octanol–water partition coefficient (Wildman–Crippen LogP) is 2.68. The minimum Gasteiger partial charge on any atom is -0.465 e. The summed E-state index contributed by atoms with van der Waals surface area (Å²) in [5.41, 5.74) is 7.92. The molecule has 0 aliphatic carbocycles. The number of esters is 1. The summed E-state index contributed by atoms with van der Waals surface area (Å²) < 4.78 is 4.86. The van der Waals surface area contributed by atoms with Crippen molar-refractivity contribution in [3.05, 3.63) is 29.3 Å². The summed E-state index contributed by atoms with van der Waals surface area (Å²) in [6, 6.07) is 6.21. The molecule has 2 N–H and O–H groups in total. The molecule has 1 aromatic carbocycles. The molecule has 1 aliphatic rings. The van der Waals surface area contributed by atoms with Gasteiger partial charge in [0.05, 0.1) is 12.7 Å². The summed E-state index contributed by atoms with van der Waals surface area (Å²) in [4.78, 5) is 14.4. The van der Waals surface area contributed by atoms with Crippen molar-refractivity contribution in [3.63, 3.8) is 0 Å². The molecule has 0 saturated carbocycles. The molecule has 1 unspecified atom stereocenters. The van der Waals surface area contributed by atoms with Crippen molar-refractivity contribution in [2.75, 3.05) is 19.4 Å². The van der Waals surface area contributed by atoms with E-state index in [2.05, 4.69) is 18.7 Å². The zero-order valence-electron chi connectivity index (χ0n) is 12.6. The minimum atomic E-state index is -0.349. The Labute approximate surface area is 120 Å². The lowest BCUT2D eigenvalue weighted by molar-refractivity contribution is 0.0599. The fraction of sp³-hybridized carbons (Fsp3) is 0.562. The van der Waals surface area contributed by atoms with Crippen molar-refractivity contribution >= 4 is 11.7 Å². The Morgan fingerprint density at radius 1 is 1.50 bits per heavy atom. The number of ether oxygens (including phenoxy) is 1. The maximum absolute atomic E-state index is 11.9. The minimum absolute atomic E-state index is 0.349. The van der Waals surface area contributed by atoms with Gasteiger partial charge in [-0.15, -0.1) is 0 Å². The van der Waals surface area contributed by atoms with Crippen LogP contribution < -0.4 is 5.73 Å². The van der Waals surface area contributed by atoms with Crippen molar-refractivity contribution in [1.82, 2.24) is 4.90 Å². The molecule has 1 aliphatic heterocycles. The van der Waals surface area contributed by atoms with Crippen LogP contribution in [-0.4, -0.2) is 30.6 Å². The van der Waals surface area contributed by atoms with Crippen LogP contribution in [0.1, 0.15) is 42.6 Å². The third-order valence-corrected chi connectivity index (χ3v) is 4.13. The molecule has 0 amide bonds. The number of nitrogens with two attached hydrogens (primary N) is 1. The number of carbonyl (C=O) groups is 1. The molecular weight excluding hydrogens is 252 g/mol. The van der Waals surface area contributed by atoms with Crippen LogP contribution >= 0.6 is 0 Å². The fourth-order valence-corrected chi connectivity index (χ4v) is 3.12. The van der Waals surface area contributed by atoms with E-state index in [0.29, 0.717) is 23.2 Å². The molecule has 110 valence electrons. The topological polar surface area (TPSA) is 55.6 Å². The Bertz CT molecular complexity index is 485. The second kappa shape index (κ2) is 6.27. The van der Waals surface area contributed by atoms with E-state index in [4.69, 9.17) is 10.5 Å². The number of anilines is 1. The molecule has 4 nitrogen and oxygen atoms in total. The molecule has 20 heavy (non-hydrogen) atoms. The second-order valence-electron chi connectivity index (χ2n) is 5.80. The highest BCUT2D eigenvalue weighted by atomic mass is 16.5. The second-order valence-corrected chi connectivity index (χ2v) is 5.80. The predicted molar refractivity (Wildman–Crippen MR) is 80.5 cm³/mol. The Balaban J connectivity index is 2.25. The van der Waals surface area contributed by atoms with E-state index in [1.54, 1.807) is 6.07 Å². The van der Waals surface area contributed by atoms with Crippen molar-refractivity contribution in [2.45, 2.75) is 39.3 Å². The number of hydrogen-bond acceptors (Lipinski definition) is 4. The summed E-state index contributed by atoms with van der Waals surface area (Å²) in [5.74, 6) is 0.276. The van der Waals surface area contributed by atoms with Gasteiger partial charge >= 0.3 is 5.97 Å². The lowest BCUT2D eigenvalue weighted by Crippen LogP contribution is -2.33. The standard InChI is InChI=1S/C16H24N2O2/c1-11(2)14-8-5-9-18(14)10-12-6-4-7-13(17)15(12)16(19)20-3/h4,6-7,11,14H,5,8-10,17H2,1-3H3. The Hall–Kier alpha value is -1.55. The molecule has 0 spiro atoms. The number of likely N-dealkylation sites (tertiary alicyclic amines) is 1. The molecule has 0 bridgehead atoms. The van der Waals surface area contributed by atoms with Gasteiger partial charge in [-0.3, -0.25) is 4.90 Å². The van der Waals surface area contributed by atoms with Gasteiger partial charge in [-0.05, 0) is 36.9 Å². The molecule has 0 radical (unpaired) electrons. The van der Waals surface area contributed by atoms with Crippen LogP contribution in [0.2, 0.25) is 0 Å². The third-order valence-electron chi connectivity index (χ3n) is 4.13. The van der Waals surface area contributed by atoms with E-state index in [1.807, 2.05) is 12.1 Å². The van der Waals surface area contributed by atoms with E-state index in [0.717, 1.165) is 18.7 Å². The van der Waals surface area contributed by atoms with Gasteiger partial charge in [-0.2, -0.15) is 0 Å². The molecular formula is C16H24N2O2. The number of methoxy groups -OCH3 is 1. The van der Waals surface area contributed by atoms with E-state index in [9.17, 15) is 4.79 Å². The number of benzene rings is 1. The Morgan fingerprint density at radius 3 is 2.90 bits per heavy atom. The highest BCUT2D eigenvalue weighted by molar-refractivity contribution is 5.96. The first kappa shape index (κ1) is 14.9. The van der Waals surface area contributed by atoms with Gasteiger partial charge < -0.3 is 10.5 Å². The highest BCUT2D eigenvalue weighted by Crippen LogP contribution is 2.28. The maximum Gasteiger partial charge on any atom is 0.340 e. The van der Waals surface area contributed by atoms with Crippen molar-refractivity contribution in [1.29, 1.82) is 0 Å². The van der Waals surface area contributed by atoms with Crippen molar-refractivity contribution in [3.8, 4) is 0 Å². The Morgan fingerprint density at radius 2 is 2.25 bits per heavy atom. The number of rotatable bonds is 4. The van der Waals surface area contributed by atoms with Crippen LogP contribution in [0.3, 0.4) is 0 Å². The highest BCUT2D eigenvalue weighted by Gasteiger charge is 2.28. The molecule has 1 heterocycles. The number of hydrogen-bond donors (Lipinski definition) is 1. The number of nitrogen functional groups attached to an aromatic ring is 1. The first-order valence-electron chi connectivity index (χ1n) is 7.24. The molecule has 1 aromatic rings. The quantitative estimate of drug-likeness (QED) is 0.678. The van der Waals surface area contributed by atoms with Crippen LogP contribution in [0.4, 0.5) is 5.69 Å². The molecule has 1 atom stereocenters. The monoisotopic (exact) mass is 276 g/mol. The fourth-order valence-electron chi connectivity index (χ4n) is 3.12. The first-order chi connectivity index (χ1) is 9.54. The van der Waals surface area contributed by atoms with Gasteiger partial charge in [0.25, 0.3) is 0 Å². The van der Waals surface area contributed by atoms with Crippen LogP contribution in [0.15, 0.2) is 18.2 Å². The van der Waals surface area contributed by atoms with Gasteiger partial charge in [0.2, 0.25) is 0 Å². The molecule has 4 heteroatoms. The largest absolute Gasteiger partial charge is 0.465 e. The lowest BCUT2D eigenvalue weighted by atomic mass is 10.00. The smallest absolute Gasteiger partial charge is 0.340 e. The summed E-state index contributed by atoms with van der Waals surface area (Å²) in [6.45, 7) is 6.35. The molecule has 2 rings (SSSR count). The van der Waals surface area contributed by atoms with Gasteiger partial charge in [0, 0.05) is 18.3 Å². The number of carbonyl (C=O) groups excluding carboxylic acids is 1. The third kappa shape index (κ3) is 2.96. The van der Waals surface area contributed by atoms with Gasteiger partial charge in [-0.1, -0.05) is 26.0 Å². The average Bonchev–Trinajstić information content (AvgIpc) is 2.86. The molecule has 1 fully saturated rings. The van der Waals surface area contributed by atoms with Gasteiger partial charge in [-0.25, -0.2) is 4.79 Å². The van der Waals surface area contributed by atoms with Gasteiger partial charge in [0.15, 0.2) is 0 Å². The summed E-state index contributed by atoms with van der Waals surface area (Å²) in [6.07, 6.45) is 2.45. The van der Waals surface area contributed by atoms with E-state index in [1.165, 1.54) is 20.0 Å². The van der Waals surface area contributed by atoms with E-state index in [-0.39, 0.29) is 5.97 Å². The van der Waals surface area contributed by atoms with Crippen LogP contribution in [0, 0.1) is 5.92 Å². The summed E-state index contributed by atoms with van der Waals surface area (Å²) in [5, 5.41) is 0. The summed E-state index contributed by atoms with van der Waals surface area (Å²) in [7, 11) is 1.39. The molecule has 1 saturated heterocycles. The van der Waals surface area contributed by atoms with Crippen LogP contribution in [0.5, 0.6) is 0 Å². The van der Waals surface area contributed by atoms with E-state index >= 15 is 0 Å². The van der Waals surface area contributed by atoms with Crippen LogP contribution in [0.25, 0.3) is 0 Å². The Kier molecular flexibility index (Phi) is 4.65. The van der Waals surface area contributed by atoms with E-state index < -0.39 is 0 Å². The first-order valence-corrected chi connectivity index (χ1v) is 7.24. The zero-order valence-corrected chi connectivity index (χ0v) is 12.6. The van der Waals surface area contributed by atoms with Crippen LogP contribution in [-0.2, 0) is 11.3 Å². The maximum atomic E-state index is 11.9. The molecule has 0 aromatic heterocycles. The number of nitrogens with zero attached hydrogens (tertiary/aromatic N) is 1. The van der Waals surface area contributed by atoms with Crippen molar-refractivity contribution < 1.29 is 9.53 Å². The average molecular weight is 276 g/mol. The van der Waals surface area contributed by atoms with Crippen molar-refractivity contribution in [2.24, 2.45) is 5.92 Å². The lowest BCUT2D eigenvalue weighted by Gasteiger charge is -2.28. The van der Waals surface area contributed by atoms with Gasteiger partial charge in [0.1, 0.15) is 0 Å². The normalized spacial score (nSPS) is 19.5.